The zero-order chi connectivity index (χ0) is 14.7. The van der Waals surface area contributed by atoms with Gasteiger partial charge in [0.1, 0.15) is 23.3 Å². The minimum Gasteiger partial charge on any atom is -0.340 e. The summed E-state index contributed by atoms with van der Waals surface area (Å²) in [6.07, 6.45) is 0. The monoisotopic (exact) mass is 275 g/mol. The number of nitrogens with two attached hydrogens (primary N) is 1. The Hall–Kier alpha value is -2.21. The third-order valence-electron chi connectivity index (χ3n) is 2.87. The van der Waals surface area contributed by atoms with E-state index in [0.717, 1.165) is 5.56 Å². The maximum absolute atomic E-state index is 13.3. The van der Waals surface area contributed by atoms with Gasteiger partial charge in [0.15, 0.2) is 0 Å². The molecule has 1 heterocycles. The molecule has 2 rings (SSSR count). The molecule has 0 saturated heterocycles. The fourth-order valence-electron chi connectivity index (χ4n) is 1.73. The van der Waals surface area contributed by atoms with Gasteiger partial charge in [-0.3, -0.25) is 0 Å². The number of hydrogen-bond donors (Lipinski definition) is 3. The number of halogens is 1. The molecule has 2 aromatic rings. The first-order valence-electron chi connectivity index (χ1n) is 6.38. The summed E-state index contributed by atoms with van der Waals surface area (Å²) < 4.78 is 13.3. The molecule has 0 unspecified atom stereocenters. The highest BCUT2D eigenvalue weighted by Gasteiger charge is 2.09. The van der Waals surface area contributed by atoms with Gasteiger partial charge >= 0.3 is 0 Å². The number of nitrogen functional groups attached to an aromatic ring is 1. The van der Waals surface area contributed by atoms with Crippen LogP contribution in [-0.2, 0) is 0 Å². The lowest BCUT2D eigenvalue weighted by molar-refractivity contribution is 0.628. The van der Waals surface area contributed by atoms with Crippen LogP contribution in [0, 0.1) is 12.7 Å². The number of hydrogen-bond acceptors (Lipinski definition) is 5. The number of hydrazine groups is 1. The van der Waals surface area contributed by atoms with E-state index in [1.807, 2.05) is 20.8 Å². The molecule has 106 valence electrons. The van der Waals surface area contributed by atoms with Gasteiger partial charge in [0.2, 0.25) is 0 Å². The Morgan fingerprint density at radius 3 is 2.50 bits per heavy atom. The highest BCUT2D eigenvalue weighted by Crippen LogP contribution is 2.23. The average Bonchev–Trinajstić information content (AvgIpc) is 2.42. The van der Waals surface area contributed by atoms with E-state index >= 15 is 0 Å². The summed E-state index contributed by atoms with van der Waals surface area (Å²) in [4.78, 5) is 8.68. The summed E-state index contributed by atoms with van der Waals surface area (Å²) in [5.74, 6) is 7.03. The van der Waals surface area contributed by atoms with Crippen LogP contribution in [0.4, 0.5) is 21.7 Å². The molecule has 0 radical (unpaired) electrons. The molecule has 0 amide bonds. The maximum atomic E-state index is 13.3. The molecule has 0 saturated carbocycles. The van der Waals surface area contributed by atoms with Gasteiger partial charge in [0, 0.05) is 17.7 Å². The van der Waals surface area contributed by atoms with Crippen molar-refractivity contribution in [2.24, 2.45) is 5.84 Å². The van der Waals surface area contributed by atoms with Crippen molar-refractivity contribution < 1.29 is 4.39 Å². The first-order chi connectivity index (χ1) is 9.49. The van der Waals surface area contributed by atoms with Crippen LogP contribution >= 0.6 is 0 Å². The van der Waals surface area contributed by atoms with Crippen molar-refractivity contribution in [3.05, 3.63) is 41.5 Å². The molecule has 0 spiro atoms. The van der Waals surface area contributed by atoms with E-state index in [0.29, 0.717) is 23.1 Å². The summed E-state index contributed by atoms with van der Waals surface area (Å²) >= 11 is 0. The van der Waals surface area contributed by atoms with Gasteiger partial charge in [0.05, 0.1) is 0 Å². The molecule has 1 aromatic heterocycles. The second-order valence-electron chi connectivity index (χ2n) is 4.88. The highest BCUT2D eigenvalue weighted by atomic mass is 19.1. The van der Waals surface area contributed by atoms with Gasteiger partial charge in [-0.2, -0.15) is 0 Å². The smallest absolute Gasteiger partial charge is 0.145 e. The van der Waals surface area contributed by atoms with Crippen LogP contribution in [0.25, 0.3) is 0 Å². The van der Waals surface area contributed by atoms with Crippen molar-refractivity contribution in [2.75, 3.05) is 10.7 Å². The first-order valence-corrected chi connectivity index (χ1v) is 6.38. The van der Waals surface area contributed by atoms with E-state index in [1.165, 1.54) is 12.1 Å². The molecule has 0 aliphatic rings. The second-order valence-corrected chi connectivity index (χ2v) is 4.88. The van der Waals surface area contributed by atoms with Gasteiger partial charge in [-0.15, -0.1) is 0 Å². The van der Waals surface area contributed by atoms with Gasteiger partial charge < -0.3 is 10.7 Å². The van der Waals surface area contributed by atoms with E-state index in [1.54, 1.807) is 12.1 Å². The van der Waals surface area contributed by atoms with Gasteiger partial charge in [-0.1, -0.05) is 19.9 Å². The van der Waals surface area contributed by atoms with Crippen molar-refractivity contribution >= 4 is 17.3 Å². The lowest BCUT2D eigenvalue weighted by atomic mass is 10.2. The van der Waals surface area contributed by atoms with E-state index < -0.39 is 0 Å². The maximum Gasteiger partial charge on any atom is 0.145 e. The van der Waals surface area contributed by atoms with Gasteiger partial charge in [-0.05, 0) is 24.6 Å². The van der Waals surface area contributed by atoms with Crippen molar-refractivity contribution in [2.45, 2.75) is 26.7 Å². The molecule has 0 bridgehead atoms. The van der Waals surface area contributed by atoms with E-state index in [9.17, 15) is 4.39 Å². The number of benzene rings is 1. The lowest BCUT2D eigenvalue weighted by Crippen LogP contribution is -2.12. The number of nitrogens with zero attached hydrogens (tertiary/aromatic N) is 2. The second kappa shape index (κ2) is 5.83. The quantitative estimate of drug-likeness (QED) is 0.590. The molecule has 0 aliphatic carbocycles. The number of rotatable bonds is 4. The highest BCUT2D eigenvalue weighted by molar-refractivity contribution is 5.62. The SMILES string of the molecule is Cc1ccc(F)cc1Nc1cc(NN)nc(C(C)C)n1. The van der Waals surface area contributed by atoms with Crippen LogP contribution < -0.4 is 16.6 Å². The summed E-state index contributed by atoms with van der Waals surface area (Å²) in [6.45, 7) is 5.88. The number of nitrogens with one attached hydrogen (secondary N) is 2. The molecule has 5 nitrogen and oxygen atoms in total. The van der Waals surface area contributed by atoms with Crippen molar-refractivity contribution in [3.8, 4) is 0 Å². The van der Waals surface area contributed by atoms with Crippen molar-refractivity contribution in [3.63, 3.8) is 0 Å². The minimum absolute atomic E-state index is 0.164. The minimum atomic E-state index is -0.298. The van der Waals surface area contributed by atoms with Gasteiger partial charge in [0.25, 0.3) is 0 Å². The summed E-state index contributed by atoms with van der Waals surface area (Å²) in [7, 11) is 0. The van der Waals surface area contributed by atoms with Crippen LogP contribution in [0.3, 0.4) is 0 Å². The Bertz CT molecular complexity index is 613. The standard InChI is InChI=1S/C14H18FN5/c1-8(2)14-18-12(7-13(19-14)20-16)17-11-6-10(15)5-4-9(11)3/h4-8H,16H2,1-3H3,(H2,17,18,19,20). The third kappa shape index (κ3) is 3.21. The summed E-state index contributed by atoms with van der Waals surface area (Å²) in [5.41, 5.74) is 4.11. The molecule has 4 N–H and O–H groups in total. The molecule has 0 fully saturated rings. The van der Waals surface area contributed by atoms with Crippen LogP contribution in [0.15, 0.2) is 24.3 Å². The van der Waals surface area contributed by atoms with Crippen LogP contribution in [0.2, 0.25) is 0 Å². The Labute approximate surface area is 117 Å². The molecule has 1 aromatic carbocycles. The molecular formula is C14H18FN5. The third-order valence-corrected chi connectivity index (χ3v) is 2.87. The predicted molar refractivity (Wildman–Crippen MR) is 78.4 cm³/mol. The summed E-state index contributed by atoms with van der Waals surface area (Å²) in [6, 6.07) is 6.25. The van der Waals surface area contributed by atoms with E-state index in [-0.39, 0.29) is 11.7 Å². The van der Waals surface area contributed by atoms with Crippen molar-refractivity contribution in [1.82, 2.24) is 9.97 Å². The topological polar surface area (TPSA) is 75.9 Å². The zero-order valence-corrected chi connectivity index (χ0v) is 11.7. The van der Waals surface area contributed by atoms with Crippen LogP contribution in [0.5, 0.6) is 0 Å². The first kappa shape index (κ1) is 14.2. The van der Waals surface area contributed by atoms with Crippen molar-refractivity contribution in [1.29, 1.82) is 0 Å². The molecule has 0 aliphatic heterocycles. The van der Waals surface area contributed by atoms with Gasteiger partial charge in [-0.25, -0.2) is 20.2 Å². The normalized spacial score (nSPS) is 10.7. The summed E-state index contributed by atoms with van der Waals surface area (Å²) in [5, 5.41) is 3.10. The zero-order valence-electron chi connectivity index (χ0n) is 11.7. The van der Waals surface area contributed by atoms with E-state index in [2.05, 4.69) is 20.7 Å². The number of aromatic nitrogens is 2. The Morgan fingerprint density at radius 2 is 1.85 bits per heavy atom. The van der Waals surface area contributed by atoms with Crippen LogP contribution in [-0.4, -0.2) is 9.97 Å². The number of aryl methyl sites for hydroxylation is 1. The Balaban J connectivity index is 2.37. The molecular weight excluding hydrogens is 257 g/mol. The molecule has 6 heteroatoms. The fourth-order valence-corrected chi connectivity index (χ4v) is 1.73. The largest absolute Gasteiger partial charge is 0.340 e. The number of anilines is 3. The predicted octanol–water partition coefficient (Wildman–Crippen LogP) is 3.08. The lowest BCUT2D eigenvalue weighted by Gasteiger charge is -2.13. The molecule has 20 heavy (non-hydrogen) atoms. The molecule has 0 atom stereocenters. The average molecular weight is 275 g/mol. The Morgan fingerprint density at radius 1 is 1.15 bits per heavy atom. The van der Waals surface area contributed by atoms with E-state index in [4.69, 9.17) is 5.84 Å². The van der Waals surface area contributed by atoms with Crippen LogP contribution in [0.1, 0.15) is 31.2 Å². The fraction of sp³-hybridized carbons (Fsp3) is 0.286. The Kier molecular flexibility index (Phi) is 4.14.